The van der Waals surface area contributed by atoms with Gasteiger partial charge in [-0.2, -0.15) is 0 Å². The van der Waals surface area contributed by atoms with Crippen LogP contribution in [0, 0.1) is 0 Å². The van der Waals surface area contributed by atoms with E-state index in [-0.39, 0.29) is 11.8 Å². The fourth-order valence-electron chi connectivity index (χ4n) is 4.80. The highest BCUT2D eigenvalue weighted by Gasteiger charge is 2.43. The minimum Gasteiger partial charge on any atom is -0.497 e. The normalized spacial score (nSPS) is 17.4. The van der Waals surface area contributed by atoms with Gasteiger partial charge in [0.15, 0.2) is 0 Å². The van der Waals surface area contributed by atoms with Crippen LogP contribution in [0.1, 0.15) is 33.4 Å². The lowest BCUT2D eigenvalue weighted by Gasteiger charge is -2.39. The Hall–Kier alpha value is -4.26. The summed E-state index contributed by atoms with van der Waals surface area (Å²) in [6.07, 6.45) is 1.89. The van der Waals surface area contributed by atoms with E-state index in [0.717, 1.165) is 16.5 Å². The molecule has 0 unspecified atom stereocenters. The summed E-state index contributed by atoms with van der Waals surface area (Å²) in [5.41, 5.74) is 3.60. The van der Waals surface area contributed by atoms with E-state index < -0.39 is 12.0 Å². The number of nitrogens with one attached hydrogen (secondary N) is 2. The molecule has 0 aliphatic carbocycles. The van der Waals surface area contributed by atoms with Crippen LogP contribution in [-0.2, 0) is 4.79 Å². The van der Waals surface area contributed by atoms with Gasteiger partial charge in [-0.15, -0.1) is 0 Å². The number of aromatic amines is 1. The van der Waals surface area contributed by atoms with Crippen molar-refractivity contribution in [3.8, 4) is 11.5 Å². The quantitative estimate of drug-likeness (QED) is 0.456. The molecule has 4 aromatic rings. The summed E-state index contributed by atoms with van der Waals surface area (Å²) in [6, 6.07) is 19.9. The number of carbonyl (C=O) groups excluding carboxylic acids is 2. The molecule has 1 aliphatic heterocycles. The van der Waals surface area contributed by atoms with Crippen LogP contribution in [0.5, 0.6) is 11.5 Å². The number of likely N-dealkylation sites (N-methyl/N-ethyl adjacent to an activating group) is 1. The molecule has 5 rings (SSSR count). The van der Waals surface area contributed by atoms with E-state index in [2.05, 4.69) is 10.3 Å². The molecule has 0 saturated carbocycles. The Bertz CT molecular complexity index is 1390. The van der Waals surface area contributed by atoms with Crippen LogP contribution >= 0.6 is 0 Å². The highest BCUT2D eigenvalue weighted by atomic mass is 16.5. The maximum absolute atomic E-state index is 13.9. The maximum Gasteiger partial charge on any atom is 0.254 e. The number of nitrogens with zero attached hydrogens (tertiary/aromatic N) is 1. The molecule has 2 amide bonds. The molecule has 2 N–H and O–H groups in total. The summed E-state index contributed by atoms with van der Waals surface area (Å²) < 4.78 is 10.7. The van der Waals surface area contributed by atoms with E-state index in [0.29, 0.717) is 28.3 Å². The minimum absolute atomic E-state index is 0.114. The zero-order chi connectivity index (χ0) is 23.8. The summed E-state index contributed by atoms with van der Waals surface area (Å²) in [7, 11) is 4.87. The summed E-state index contributed by atoms with van der Waals surface area (Å²) in [5, 5.41) is 4.01. The van der Waals surface area contributed by atoms with Crippen molar-refractivity contribution in [2.75, 3.05) is 26.6 Å². The van der Waals surface area contributed by atoms with Crippen molar-refractivity contribution < 1.29 is 19.1 Å². The molecule has 0 radical (unpaired) electrons. The second kappa shape index (κ2) is 8.59. The van der Waals surface area contributed by atoms with Crippen molar-refractivity contribution in [1.29, 1.82) is 0 Å². The van der Waals surface area contributed by atoms with E-state index in [1.165, 1.54) is 0 Å². The van der Waals surface area contributed by atoms with Gasteiger partial charge >= 0.3 is 0 Å². The Morgan fingerprint density at radius 1 is 0.971 bits per heavy atom. The second-order valence-electron chi connectivity index (χ2n) is 8.27. The first-order chi connectivity index (χ1) is 16.5. The van der Waals surface area contributed by atoms with Crippen molar-refractivity contribution in [3.63, 3.8) is 0 Å². The SMILES string of the molecule is COc1ccc(NC(=O)[C@@H]2c3ccccc3C(=O)N(C)[C@@H]2c2c[nH]c3ccccc23)c(OC)c1. The Labute approximate surface area is 197 Å². The monoisotopic (exact) mass is 455 g/mol. The van der Waals surface area contributed by atoms with Crippen molar-refractivity contribution in [1.82, 2.24) is 9.88 Å². The van der Waals surface area contributed by atoms with Crippen molar-refractivity contribution >= 4 is 28.4 Å². The van der Waals surface area contributed by atoms with E-state index in [1.54, 1.807) is 50.4 Å². The first-order valence-electron chi connectivity index (χ1n) is 11.0. The molecule has 1 aromatic heterocycles. The molecule has 172 valence electrons. The number of H-pyrrole nitrogens is 1. The van der Waals surface area contributed by atoms with Gasteiger partial charge in [0.1, 0.15) is 11.5 Å². The third-order valence-electron chi connectivity index (χ3n) is 6.47. The van der Waals surface area contributed by atoms with Gasteiger partial charge in [-0.05, 0) is 29.8 Å². The Morgan fingerprint density at radius 3 is 2.53 bits per heavy atom. The molecule has 34 heavy (non-hydrogen) atoms. The molecule has 0 saturated heterocycles. The number of aromatic nitrogens is 1. The predicted octanol–water partition coefficient (Wildman–Crippen LogP) is 4.73. The third-order valence-corrected chi connectivity index (χ3v) is 6.47. The highest BCUT2D eigenvalue weighted by molar-refractivity contribution is 6.05. The van der Waals surface area contributed by atoms with Gasteiger partial charge in [-0.3, -0.25) is 9.59 Å². The Kier molecular flexibility index (Phi) is 5.45. The van der Waals surface area contributed by atoms with Crippen LogP contribution in [0.15, 0.2) is 72.9 Å². The van der Waals surface area contributed by atoms with Gasteiger partial charge in [0, 0.05) is 41.3 Å². The minimum atomic E-state index is -0.634. The third kappa shape index (κ3) is 3.46. The van der Waals surface area contributed by atoms with Crippen LogP contribution in [0.3, 0.4) is 0 Å². The van der Waals surface area contributed by atoms with E-state index in [1.807, 2.05) is 48.7 Å². The number of fused-ring (bicyclic) bond motifs is 2. The van der Waals surface area contributed by atoms with Crippen LogP contribution in [0.4, 0.5) is 5.69 Å². The number of methoxy groups -OCH3 is 2. The number of rotatable bonds is 5. The van der Waals surface area contributed by atoms with E-state index in [4.69, 9.17) is 9.47 Å². The molecule has 7 heteroatoms. The van der Waals surface area contributed by atoms with Crippen LogP contribution in [0.2, 0.25) is 0 Å². The first kappa shape index (κ1) is 21.6. The molecular weight excluding hydrogens is 430 g/mol. The lowest BCUT2D eigenvalue weighted by atomic mass is 9.79. The molecule has 0 fully saturated rings. The molecule has 1 aliphatic rings. The zero-order valence-electron chi connectivity index (χ0n) is 19.2. The molecule has 2 heterocycles. The standard InChI is InChI=1S/C27H25N3O4/c1-30-25(20-15-28-21-11-7-6-8-17(20)21)24(18-9-4-5-10-19(18)27(30)32)26(31)29-22-13-12-16(33-2)14-23(22)34-3/h4-15,24-25,28H,1-3H3,(H,29,31)/t24-,25-/m1/s1. The Balaban J connectivity index is 1.63. The van der Waals surface area contributed by atoms with E-state index in [9.17, 15) is 9.59 Å². The maximum atomic E-state index is 13.9. The second-order valence-corrected chi connectivity index (χ2v) is 8.27. The fourth-order valence-corrected chi connectivity index (χ4v) is 4.80. The molecule has 2 atom stereocenters. The summed E-state index contributed by atoms with van der Waals surface area (Å²) >= 11 is 0. The van der Waals surface area contributed by atoms with Crippen LogP contribution in [0.25, 0.3) is 10.9 Å². The largest absolute Gasteiger partial charge is 0.497 e. The molecule has 0 bridgehead atoms. The molecule has 3 aromatic carbocycles. The summed E-state index contributed by atoms with van der Waals surface area (Å²) in [6.45, 7) is 0. The topological polar surface area (TPSA) is 83.7 Å². The van der Waals surface area contributed by atoms with Gasteiger partial charge in [0.25, 0.3) is 5.91 Å². The fraction of sp³-hybridized carbons (Fsp3) is 0.185. The zero-order valence-corrected chi connectivity index (χ0v) is 19.2. The van der Waals surface area contributed by atoms with Crippen molar-refractivity contribution in [3.05, 3.63) is 89.6 Å². The van der Waals surface area contributed by atoms with Crippen LogP contribution in [-0.4, -0.2) is 43.0 Å². The first-order valence-corrected chi connectivity index (χ1v) is 11.0. The van der Waals surface area contributed by atoms with Crippen molar-refractivity contribution in [2.45, 2.75) is 12.0 Å². The Morgan fingerprint density at radius 2 is 1.74 bits per heavy atom. The summed E-state index contributed by atoms with van der Waals surface area (Å²) in [4.78, 5) is 32.1. The summed E-state index contributed by atoms with van der Waals surface area (Å²) in [5.74, 6) is 0.136. The smallest absolute Gasteiger partial charge is 0.254 e. The number of benzene rings is 3. The van der Waals surface area contributed by atoms with Crippen LogP contribution < -0.4 is 14.8 Å². The lowest BCUT2D eigenvalue weighted by molar-refractivity contribution is -0.119. The average Bonchev–Trinajstić information content (AvgIpc) is 3.30. The van der Waals surface area contributed by atoms with Gasteiger partial charge in [-0.25, -0.2) is 0 Å². The van der Waals surface area contributed by atoms with Gasteiger partial charge in [0.2, 0.25) is 5.91 Å². The van der Waals surface area contributed by atoms with Gasteiger partial charge in [0.05, 0.1) is 31.9 Å². The number of ether oxygens (including phenoxy) is 2. The number of carbonyl (C=O) groups is 2. The predicted molar refractivity (Wildman–Crippen MR) is 130 cm³/mol. The number of hydrogen-bond donors (Lipinski definition) is 2. The highest BCUT2D eigenvalue weighted by Crippen LogP contribution is 2.45. The average molecular weight is 456 g/mol. The van der Waals surface area contributed by atoms with Crippen molar-refractivity contribution in [2.24, 2.45) is 0 Å². The van der Waals surface area contributed by atoms with Gasteiger partial charge < -0.3 is 24.7 Å². The lowest BCUT2D eigenvalue weighted by Crippen LogP contribution is -2.44. The number of para-hydroxylation sites is 1. The molecular formula is C27H25N3O4. The molecule has 0 spiro atoms. The molecule has 7 nitrogen and oxygen atoms in total. The number of hydrogen-bond acceptors (Lipinski definition) is 4. The number of amides is 2. The van der Waals surface area contributed by atoms with Gasteiger partial charge in [-0.1, -0.05) is 36.4 Å². The van der Waals surface area contributed by atoms with E-state index >= 15 is 0 Å². The number of anilines is 1.